The maximum Gasteiger partial charge on any atom is 0.0885 e. The molecule has 0 aliphatic carbocycles. The van der Waals surface area contributed by atoms with E-state index < -0.39 is 0 Å². The van der Waals surface area contributed by atoms with Gasteiger partial charge in [0.1, 0.15) is 0 Å². The topological polar surface area (TPSA) is 9.23 Å². The van der Waals surface area contributed by atoms with Gasteiger partial charge in [-0.3, -0.25) is 0 Å². The van der Waals surface area contributed by atoms with Gasteiger partial charge < -0.3 is 4.74 Å². The van der Waals surface area contributed by atoms with Gasteiger partial charge in [0, 0.05) is 11.9 Å². The normalized spacial score (nSPS) is 16.9. The van der Waals surface area contributed by atoms with E-state index in [2.05, 4.69) is 29.8 Å². The van der Waals surface area contributed by atoms with E-state index in [0.717, 1.165) is 11.9 Å². The Kier molecular flexibility index (Phi) is 5.75. The molecule has 0 heterocycles. The molecule has 0 fully saturated rings. The Labute approximate surface area is 82.6 Å². The minimum absolute atomic E-state index is 0.203. The van der Waals surface area contributed by atoms with Crippen LogP contribution in [0.3, 0.4) is 0 Å². The van der Waals surface area contributed by atoms with Gasteiger partial charge in [0.05, 0.1) is 11.5 Å². The molecule has 0 aliphatic heterocycles. The van der Waals surface area contributed by atoms with Gasteiger partial charge >= 0.3 is 0 Å². The van der Waals surface area contributed by atoms with Crippen LogP contribution >= 0.6 is 27.5 Å². The Hall–Kier alpha value is 0.730. The first-order valence-electron chi connectivity index (χ1n) is 3.80. The van der Waals surface area contributed by atoms with Gasteiger partial charge in [0.2, 0.25) is 0 Å². The second-order valence-corrected chi connectivity index (χ2v) is 4.25. The number of hydrogen-bond acceptors (Lipinski definition) is 1. The summed E-state index contributed by atoms with van der Waals surface area (Å²) in [5.74, 6) is 1.10. The van der Waals surface area contributed by atoms with Crippen molar-refractivity contribution in [1.29, 1.82) is 0 Å². The lowest BCUT2D eigenvalue weighted by molar-refractivity contribution is -0.00983. The Morgan fingerprint density at radius 2 is 2.09 bits per heavy atom. The van der Waals surface area contributed by atoms with Crippen LogP contribution in [0, 0.1) is 5.92 Å². The zero-order valence-electron chi connectivity index (χ0n) is 7.36. The first-order chi connectivity index (χ1) is 5.04. The number of halogens is 2. The summed E-state index contributed by atoms with van der Waals surface area (Å²) in [5, 5.41) is 0.788. The van der Waals surface area contributed by atoms with Crippen LogP contribution in [0.25, 0.3) is 0 Å². The van der Waals surface area contributed by atoms with E-state index in [0.29, 0.717) is 11.8 Å². The fourth-order valence-corrected chi connectivity index (χ4v) is 1.24. The second kappa shape index (κ2) is 5.39. The molecule has 0 spiro atoms. The highest BCUT2D eigenvalue weighted by atomic mass is 79.9. The predicted octanol–water partition coefficient (Wildman–Crippen LogP) is 3.05. The molecule has 0 bridgehead atoms. The summed E-state index contributed by atoms with van der Waals surface area (Å²) in [6.07, 6.45) is 0. The van der Waals surface area contributed by atoms with Crippen LogP contribution in [0.5, 0.6) is 0 Å². The molecule has 3 heteroatoms. The Morgan fingerprint density at radius 1 is 1.55 bits per heavy atom. The average molecular weight is 244 g/mol. The molecule has 0 radical (unpaired) electrons. The second-order valence-electron chi connectivity index (χ2n) is 3.42. The third kappa shape index (κ3) is 5.05. The Morgan fingerprint density at radius 3 is 2.36 bits per heavy atom. The minimum atomic E-state index is -0.203. The zero-order valence-corrected chi connectivity index (χ0v) is 9.70. The van der Waals surface area contributed by atoms with Crippen molar-refractivity contribution in [2.24, 2.45) is 5.92 Å². The predicted molar refractivity (Wildman–Crippen MR) is 53.7 cm³/mol. The van der Waals surface area contributed by atoms with E-state index >= 15 is 0 Å². The monoisotopic (exact) mass is 242 g/mol. The molecule has 0 N–H and O–H groups in total. The summed E-state index contributed by atoms with van der Waals surface area (Å²) >= 11 is 9.11. The van der Waals surface area contributed by atoms with E-state index in [1.807, 2.05) is 6.92 Å². The van der Waals surface area contributed by atoms with Crippen molar-refractivity contribution in [2.45, 2.75) is 26.4 Å². The molecular weight excluding hydrogens is 227 g/mol. The van der Waals surface area contributed by atoms with Gasteiger partial charge in [0.15, 0.2) is 0 Å². The minimum Gasteiger partial charge on any atom is -0.373 e. The number of hydrogen-bond donors (Lipinski definition) is 0. The van der Waals surface area contributed by atoms with E-state index in [1.165, 1.54) is 0 Å². The molecule has 1 atom stereocenters. The lowest BCUT2D eigenvalue weighted by Gasteiger charge is -2.26. The van der Waals surface area contributed by atoms with Crippen molar-refractivity contribution in [3.05, 3.63) is 0 Å². The largest absolute Gasteiger partial charge is 0.373 e. The SMILES string of the molecule is CC(C)COC(C)(CCl)CBr. The van der Waals surface area contributed by atoms with Crippen LogP contribution in [0.2, 0.25) is 0 Å². The van der Waals surface area contributed by atoms with E-state index in [4.69, 9.17) is 16.3 Å². The fourth-order valence-electron chi connectivity index (χ4n) is 0.481. The molecular formula is C8H16BrClO. The molecule has 0 aliphatic rings. The van der Waals surface area contributed by atoms with Gasteiger partial charge in [-0.1, -0.05) is 29.8 Å². The Balaban J connectivity index is 3.69. The number of rotatable bonds is 5. The summed E-state index contributed by atoms with van der Waals surface area (Å²) in [4.78, 5) is 0. The standard InChI is InChI=1S/C8H16BrClO/c1-7(2)4-11-8(3,5-9)6-10/h7H,4-6H2,1-3H3. The third-order valence-electron chi connectivity index (χ3n) is 1.33. The molecule has 0 aromatic rings. The van der Waals surface area contributed by atoms with Crippen molar-refractivity contribution < 1.29 is 4.74 Å². The van der Waals surface area contributed by atoms with Crippen molar-refractivity contribution in [1.82, 2.24) is 0 Å². The highest BCUT2D eigenvalue weighted by Gasteiger charge is 2.22. The molecule has 0 aromatic carbocycles. The lowest BCUT2D eigenvalue weighted by atomic mass is 10.1. The molecule has 0 aromatic heterocycles. The summed E-state index contributed by atoms with van der Waals surface area (Å²) in [7, 11) is 0. The van der Waals surface area contributed by atoms with Crippen molar-refractivity contribution in [2.75, 3.05) is 17.8 Å². The molecule has 68 valence electrons. The average Bonchev–Trinajstić information content (AvgIpc) is 2.00. The summed E-state index contributed by atoms with van der Waals surface area (Å²) in [6, 6.07) is 0. The summed E-state index contributed by atoms with van der Waals surface area (Å²) in [6.45, 7) is 7.04. The Bertz CT molecular complexity index is 102. The van der Waals surface area contributed by atoms with Crippen LogP contribution in [-0.4, -0.2) is 23.4 Å². The van der Waals surface area contributed by atoms with Crippen LogP contribution in [0.15, 0.2) is 0 Å². The van der Waals surface area contributed by atoms with Gasteiger partial charge in [-0.25, -0.2) is 0 Å². The van der Waals surface area contributed by atoms with Gasteiger partial charge in [-0.15, -0.1) is 11.6 Å². The van der Waals surface area contributed by atoms with Gasteiger partial charge in [-0.2, -0.15) is 0 Å². The molecule has 0 rings (SSSR count). The fraction of sp³-hybridized carbons (Fsp3) is 1.00. The van der Waals surface area contributed by atoms with Crippen molar-refractivity contribution >= 4 is 27.5 Å². The maximum atomic E-state index is 5.74. The highest BCUT2D eigenvalue weighted by Crippen LogP contribution is 2.16. The summed E-state index contributed by atoms with van der Waals surface area (Å²) < 4.78 is 5.61. The smallest absolute Gasteiger partial charge is 0.0885 e. The quantitative estimate of drug-likeness (QED) is 0.675. The highest BCUT2D eigenvalue weighted by molar-refractivity contribution is 9.09. The van der Waals surface area contributed by atoms with Crippen LogP contribution in [0.1, 0.15) is 20.8 Å². The van der Waals surface area contributed by atoms with Crippen LogP contribution in [0.4, 0.5) is 0 Å². The number of alkyl halides is 2. The van der Waals surface area contributed by atoms with Crippen LogP contribution < -0.4 is 0 Å². The first-order valence-corrected chi connectivity index (χ1v) is 5.45. The molecule has 1 nitrogen and oxygen atoms in total. The number of ether oxygens (including phenoxy) is 1. The van der Waals surface area contributed by atoms with Crippen molar-refractivity contribution in [3.63, 3.8) is 0 Å². The third-order valence-corrected chi connectivity index (χ3v) is 3.08. The lowest BCUT2D eigenvalue weighted by Crippen LogP contribution is -2.34. The summed E-state index contributed by atoms with van der Waals surface area (Å²) in [5.41, 5.74) is -0.203. The molecule has 11 heavy (non-hydrogen) atoms. The molecule has 0 saturated carbocycles. The van der Waals surface area contributed by atoms with E-state index in [9.17, 15) is 0 Å². The molecule has 1 unspecified atom stereocenters. The molecule has 0 saturated heterocycles. The van der Waals surface area contributed by atoms with E-state index in [1.54, 1.807) is 0 Å². The first kappa shape index (κ1) is 11.7. The maximum absolute atomic E-state index is 5.74. The van der Waals surface area contributed by atoms with E-state index in [-0.39, 0.29) is 5.60 Å². The van der Waals surface area contributed by atoms with Crippen LogP contribution in [-0.2, 0) is 4.74 Å². The zero-order chi connectivity index (χ0) is 8.91. The van der Waals surface area contributed by atoms with Gasteiger partial charge in [-0.05, 0) is 12.8 Å². The van der Waals surface area contributed by atoms with Gasteiger partial charge in [0.25, 0.3) is 0 Å². The van der Waals surface area contributed by atoms with Crippen molar-refractivity contribution in [3.8, 4) is 0 Å². The molecule has 0 amide bonds.